The van der Waals surface area contributed by atoms with Crippen molar-refractivity contribution in [1.29, 1.82) is 0 Å². The zero-order valence-electron chi connectivity index (χ0n) is 15.0. The van der Waals surface area contributed by atoms with Gasteiger partial charge in [-0.15, -0.1) is 0 Å². The first-order valence-electron chi connectivity index (χ1n) is 8.86. The van der Waals surface area contributed by atoms with Crippen molar-refractivity contribution in [1.82, 2.24) is 20.1 Å². The molecule has 0 aliphatic rings. The molecule has 1 amide bonds. The van der Waals surface area contributed by atoms with Gasteiger partial charge in [-0.3, -0.25) is 9.89 Å². The average Bonchev–Trinajstić information content (AvgIpc) is 3.24. The SMILES string of the molecule is NCCN(CCc1ccccc1)C(=O)c1ccc(CSc2ncn[nH]2)cc1. The molecular weight excluding hydrogens is 358 g/mol. The third kappa shape index (κ3) is 5.67. The van der Waals surface area contributed by atoms with Crippen molar-refractivity contribution in [2.24, 2.45) is 5.73 Å². The first-order chi connectivity index (χ1) is 13.3. The summed E-state index contributed by atoms with van der Waals surface area (Å²) < 4.78 is 0. The zero-order chi connectivity index (χ0) is 18.9. The van der Waals surface area contributed by atoms with E-state index in [1.165, 1.54) is 11.9 Å². The number of hydrogen-bond acceptors (Lipinski definition) is 5. The van der Waals surface area contributed by atoms with Crippen LogP contribution in [0.1, 0.15) is 21.5 Å². The molecule has 0 spiro atoms. The second kappa shape index (κ2) is 9.89. The van der Waals surface area contributed by atoms with Gasteiger partial charge in [-0.1, -0.05) is 54.2 Å². The van der Waals surface area contributed by atoms with E-state index in [9.17, 15) is 4.79 Å². The van der Waals surface area contributed by atoms with Gasteiger partial charge < -0.3 is 10.6 Å². The standard InChI is InChI=1S/C20H23N5OS/c21-11-13-25(12-10-16-4-2-1-3-5-16)19(26)18-8-6-17(7-9-18)14-27-20-22-15-23-24-20/h1-9,15H,10-14,21H2,(H,22,23,24). The number of aromatic amines is 1. The Hall–Kier alpha value is -2.64. The van der Waals surface area contributed by atoms with Crippen LogP contribution in [0.25, 0.3) is 0 Å². The maximum Gasteiger partial charge on any atom is 0.253 e. The molecule has 27 heavy (non-hydrogen) atoms. The van der Waals surface area contributed by atoms with Gasteiger partial charge >= 0.3 is 0 Å². The second-order valence-corrected chi connectivity index (χ2v) is 7.06. The molecule has 0 atom stereocenters. The highest BCUT2D eigenvalue weighted by atomic mass is 32.2. The smallest absolute Gasteiger partial charge is 0.253 e. The third-order valence-corrected chi connectivity index (χ3v) is 5.12. The highest BCUT2D eigenvalue weighted by molar-refractivity contribution is 7.98. The lowest BCUT2D eigenvalue weighted by Gasteiger charge is -2.22. The van der Waals surface area contributed by atoms with Crippen LogP contribution < -0.4 is 5.73 Å². The van der Waals surface area contributed by atoms with Crippen LogP contribution in [0.2, 0.25) is 0 Å². The number of nitrogens with two attached hydrogens (primary N) is 1. The Balaban J connectivity index is 1.59. The summed E-state index contributed by atoms with van der Waals surface area (Å²) in [4.78, 5) is 18.8. The molecule has 3 N–H and O–H groups in total. The van der Waals surface area contributed by atoms with Crippen LogP contribution in [0, 0.1) is 0 Å². The van der Waals surface area contributed by atoms with E-state index in [4.69, 9.17) is 5.73 Å². The molecule has 0 saturated carbocycles. The van der Waals surface area contributed by atoms with Crippen molar-refractivity contribution < 1.29 is 4.79 Å². The van der Waals surface area contributed by atoms with E-state index in [-0.39, 0.29) is 5.91 Å². The Morgan fingerprint density at radius 3 is 2.48 bits per heavy atom. The fourth-order valence-corrected chi connectivity index (χ4v) is 3.46. The Kier molecular flexibility index (Phi) is 7.01. The molecule has 140 valence electrons. The number of amides is 1. The summed E-state index contributed by atoms with van der Waals surface area (Å²) in [6.45, 7) is 1.66. The number of thioether (sulfide) groups is 1. The van der Waals surface area contributed by atoms with E-state index >= 15 is 0 Å². The fourth-order valence-electron chi connectivity index (χ4n) is 2.72. The Bertz CT molecular complexity index is 821. The minimum absolute atomic E-state index is 0.0193. The van der Waals surface area contributed by atoms with Crippen LogP contribution in [0.3, 0.4) is 0 Å². The monoisotopic (exact) mass is 381 g/mol. The molecule has 3 rings (SSSR count). The lowest BCUT2D eigenvalue weighted by molar-refractivity contribution is 0.0762. The van der Waals surface area contributed by atoms with Gasteiger partial charge in [0.05, 0.1) is 0 Å². The summed E-state index contributed by atoms with van der Waals surface area (Å²) in [5, 5.41) is 7.44. The van der Waals surface area contributed by atoms with Crippen molar-refractivity contribution in [2.75, 3.05) is 19.6 Å². The van der Waals surface area contributed by atoms with E-state index in [0.717, 1.165) is 22.9 Å². The Morgan fingerprint density at radius 2 is 1.81 bits per heavy atom. The second-order valence-electron chi connectivity index (χ2n) is 6.09. The number of benzene rings is 2. The minimum Gasteiger partial charge on any atom is -0.337 e. The van der Waals surface area contributed by atoms with Crippen molar-refractivity contribution in [3.8, 4) is 0 Å². The molecule has 0 aliphatic carbocycles. The summed E-state index contributed by atoms with van der Waals surface area (Å²) in [6.07, 6.45) is 2.31. The first kappa shape index (κ1) is 19.1. The number of hydrogen-bond donors (Lipinski definition) is 2. The normalized spacial score (nSPS) is 10.7. The zero-order valence-corrected chi connectivity index (χ0v) is 15.9. The molecule has 2 aromatic carbocycles. The molecule has 1 heterocycles. The average molecular weight is 382 g/mol. The molecular formula is C20H23N5OS. The number of carbonyl (C=O) groups is 1. The molecule has 0 saturated heterocycles. The first-order valence-corrected chi connectivity index (χ1v) is 9.85. The summed E-state index contributed by atoms with van der Waals surface area (Å²) in [5.74, 6) is 0.787. The van der Waals surface area contributed by atoms with E-state index in [1.807, 2.05) is 47.4 Å². The van der Waals surface area contributed by atoms with E-state index in [0.29, 0.717) is 25.2 Å². The number of aromatic nitrogens is 3. The van der Waals surface area contributed by atoms with Crippen LogP contribution in [-0.4, -0.2) is 45.6 Å². The lowest BCUT2D eigenvalue weighted by atomic mass is 10.1. The van der Waals surface area contributed by atoms with Crippen LogP contribution in [-0.2, 0) is 12.2 Å². The van der Waals surface area contributed by atoms with Gasteiger partial charge in [0.15, 0.2) is 5.16 Å². The number of carbonyl (C=O) groups excluding carboxylic acids is 1. The minimum atomic E-state index is 0.0193. The Morgan fingerprint density at radius 1 is 1.04 bits per heavy atom. The van der Waals surface area contributed by atoms with Gasteiger partial charge in [0.25, 0.3) is 5.91 Å². The highest BCUT2D eigenvalue weighted by Gasteiger charge is 2.15. The summed E-state index contributed by atoms with van der Waals surface area (Å²) in [7, 11) is 0. The lowest BCUT2D eigenvalue weighted by Crippen LogP contribution is -2.36. The van der Waals surface area contributed by atoms with Crippen LogP contribution in [0.5, 0.6) is 0 Å². The molecule has 0 bridgehead atoms. The van der Waals surface area contributed by atoms with E-state index in [1.54, 1.807) is 11.8 Å². The number of H-pyrrole nitrogens is 1. The van der Waals surface area contributed by atoms with Crippen LogP contribution in [0.15, 0.2) is 66.1 Å². The van der Waals surface area contributed by atoms with Gasteiger partial charge in [-0.05, 0) is 29.7 Å². The molecule has 7 heteroatoms. The molecule has 0 unspecified atom stereocenters. The predicted molar refractivity (Wildman–Crippen MR) is 107 cm³/mol. The van der Waals surface area contributed by atoms with Gasteiger partial charge in [0.2, 0.25) is 0 Å². The molecule has 1 aromatic heterocycles. The van der Waals surface area contributed by atoms with Crippen molar-refractivity contribution >= 4 is 17.7 Å². The van der Waals surface area contributed by atoms with Crippen molar-refractivity contribution in [2.45, 2.75) is 17.3 Å². The number of nitrogens with one attached hydrogen (secondary N) is 1. The molecule has 0 fully saturated rings. The van der Waals surface area contributed by atoms with Crippen molar-refractivity contribution in [3.05, 3.63) is 77.6 Å². The van der Waals surface area contributed by atoms with Crippen molar-refractivity contribution in [3.63, 3.8) is 0 Å². The van der Waals surface area contributed by atoms with Gasteiger partial charge in [0, 0.05) is 31.0 Å². The van der Waals surface area contributed by atoms with E-state index in [2.05, 4.69) is 27.3 Å². The fraction of sp³-hybridized carbons (Fsp3) is 0.250. The summed E-state index contributed by atoms with van der Waals surface area (Å²) >= 11 is 1.57. The summed E-state index contributed by atoms with van der Waals surface area (Å²) in [6, 6.07) is 17.9. The maximum absolute atomic E-state index is 12.9. The largest absolute Gasteiger partial charge is 0.337 e. The topological polar surface area (TPSA) is 87.9 Å². The quantitative estimate of drug-likeness (QED) is 0.557. The molecule has 0 aliphatic heterocycles. The molecule has 3 aromatic rings. The van der Waals surface area contributed by atoms with Gasteiger partial charge in [0.1, 0.15) is 6.33 Å². The molecule has 6 nitrogen and oxygen atoms in total. The van der Waals surface area contributed by atoms with E-state index < -0.39 is 0 Å². The Labute approximate surface area is 163 Å². The highest BCUT2D eigenvalue weighted by Crippen LogP contribution is 2.19. The van der Waals surface area contributed by atoms with Gasteiger partial charge in [-0.2, -0.15) is 5.10 Å². The van der Waals surface area contributed by atoms with Gasteiger partial charge in [-0.25, -0.2) is 4.98 Å². The third-order valence-electron chi connectivity index (χ3n) is 4.17. The predicted octanol–water partition coefficient (Wildman–Crippen LogP) is 2.74. The number of nitrogens with zero attached hydrogens (tertiary/aromatic N) is 3. The summed E-state index contributed by atoms with van der Waals surface area (Å²) in [5.41, 5.74) is 8.74. The van der Waals surface area contributed by atoms with Crippen LogP contribution >= 0.6 is 11.8 Å². The number of rotatable bonds is 9. The maximum atomic E-state index is 12.9. The van der Waals surface area contributed by atoms with Crippen LogP contribution in [0.4, 0.5) is 0 Å². The molecule has 0 radical (unpaired) electrons.